The predicted molar refractivity (Wildman–Crippen MR) is 70.2 cm³/mol. The van der Waals surface area contributed by atoms with Gasteiger partial charge in [0.1, 0.15) is 11.9 Å². The first kappa shape index (κ1) is 13.0. The quantitative estimate of drug-likeness (QED) is 0.889. The lowest BCUT2D eigenvalue weighted by Gasteiger charge is -2.17. The van der Waals surface area contributed by atoms with Crippen molar-refractivity contribution in [3.05, 3.63) is 27.1 Å². The zero-order chi connectivity index (χ0) is 11.3. The maximum atomic E-state index is 5.80. The van der Waals surface area contributed by atoms with E-state index in [4.69, 9.17) is 10.5 Å². The molecule has 0 heterocycles. The fourth-order valence-electron chi connectivity index (χ4n) is 1.30. The second kappa shape index (κ2) is 6.51. The molecule has 0 aliphatic carbocycles. The number of benzene rings is 1. The van der Waals surface area contributed by atoms with E-state index in [0.29, 0.717) is 6.54 Å². The first-order chi connectivity index (χ1) is 7.17. The highest BCUT2D eigenvalue weighted by Crippen LogP contribution is 2.29. The Kier molecular flexibility index (Phi) is 5.64. The van der Waals surface area contributed by atoms with Gasteiger partial charge in [-0.25, -0.2) is 0 Å². The molecule has 0 aliphatic heterocycles. The molecule has 1 aromatic rings. The lowest BCUT2D eigenvalue weighted by molar-refractivity contribution is 0.196. The largest absolute Gasteiger partial charge is 0.488 e. The molecule has 1 aromatic carbocycles. The topological polar surface area (TPSA) is 35.2 Å². The highest BCUT2D eigenvalue weighted by Gasteiger charge is 2.09. The maximum Gasteiger partial charge on any atom is 0.134 e. The fourth-order valence-corrected chi connectivity index (χ4v) is 2.44. The summed E-state index contributed by atoms with van der Waals surface area (Å²) < 4.78 is 7.78. The molecular weight excluding hydrogens is 322 g/mol. The summed E-state index contributed by atoms with van der Waals surface area (Å²) in [5, 5.41) is 0. The average molecular weight is 337 g/mol. The minimum Gasteiger partial charge on any atom is -0.488 e. The van der Waals surface area contributed by atoms with E-state index in [1.54, 1.807) is 0 Å². The van der Waals surface area contributed by atoms with Crippen molar-refractivity contribution >= 4 is 31.9 Å². The number of ether oxygens (including phenoxy) is 1. The molecule has 1 unspecified atom stereocenters. The van der Waals surface area contributed by atoms with Gasteiger partial charge in [-0.1, -0.05) is 29.3 Å². The van der Waals surface area contributed by atoms with E-state index in [0.717, 1.165) is 27.5 Å². The normalized spacial score (nSPS) is 12.5. The summed E-state index contributed by atoms with van der Waals surface area (Å²) in [7, 11) is 0. The van der Waals surface area contributed by atoms with Gasteiger partial charge in [0, 0.05) is 11.0 Å². The Balaban J connectivity index is 2.70. The molecule has 84 valence electrons. The van der Waals surface area contributed by atoms with Crippen LogP contribution in [0.3, 0.4) is 0 Å². The number of rotatable bonds is 5. The van der Waals surface area contributed by atoms with E-state index in [9.17, 15) is 0 Å². The third-order valence-corrected chi connectivity index (χ3v) is 3.17. The molecule has 0 bridgehead atoms. The Labute approximate surface area is 107 Å². The Morgan fingerprint density at radius 2 is 2.13 bits per heavy atom. The van der Waals surface area contributed by atoms with E-state index in [1.165, 1.54) is 0 Å². The van der Waals surface area contributed by atoms with Crippen molar-refractivity contribution in [1.82, 2.24) is 0 Å². The van der Waals surface area contributed by atoms with Gasteiger partial charge in [-0.05, 0) is 40.5 Å². The van der Waals surface area contributed by atoms with Crippen molar-refractivity contribution in [2.75, 3.05) is 6.54 Å². The standard InChI is InChI=1S/C11H15Br2NO/c1-2-3-9(7-14)15-11-5-4-8(12)6-10(11)13/h4-6,9H,2-3,7,14H2,1H3. The summed E-state index contributed by atoms with van der Waals surface area (Å²) in [5.41, 5.74) is 5.64. The van der Waals surface area contributed by atoms with Crippen LogP contribution >= 0.6 is 31.9 Å². The van der Waals surface area contributed by atoms with E-state index >= 15 is 0 Å². The molecule has 0 saturated heterocycles. The zero-order valence-electron chi connectivity index (χ0n) is 8.67. The zero-order valence-corrected chi connectivity index (χ0v) is 11.8. The Hall–Kier alpha value is -0.0600. The van der Waals surface area contributed by atoms with E-state index in [1.807, 2.05) is 18.2 Å². The first-order valence-electron chi connectivity index (χ1n) is 4.99. The monoisotopic (exact) mass is 335 g/mol. The molecule has 2 N–H and O–H groups in total. The van der Waals surface area contributed by atoms with Crippen LogP contribution < -0.4 is 10.5 Å². The van der Waals surface area contributed by atoms with E-state index in [2.05, 4.69) is 38.8 Å². The lowest BCUT2D eigenvalue weighted by Crippen LogP contribution is -2.26. The lowest BCUT2D eigenvalue weighted by atomic mass is 10.2. The summed E-state index contributed by atoms with van der Waals surface area (Å²) >= 11 is 6.86. The number of hydrogen-bond acceptors (Lipinski definition) is 2. The van der Waals surface area contributed by atoms with Crippen LogP contribution in [0, 0.1) is 0 Å². The Morgan fingerprint density at radius 1 is 1.40 bits per heavy atom. The van der Waals surface area contributed by atoms with E-state index in [-0.39, 0.29) is 6.10 Å². The molecule has 1 rings (SSSR count). The van der Waals surface area contributed by atoms with Crippen LogP contribution in [0.15, 0.2) is 27.1 Å². The molecule has 0 radical (unpaired) electrons. The minimum atomic E-state index is 0.104. The number of nitrogens with two attached hydrogens (primary N) is 1. The third kappa shape index (κ3) is 4.13. The minimum absolute atomic E-state index is 0.104. The summed E-state index contributed by atoms with van der Waals surface area (Å²) in [6.45, 7) is 2.68. The predicted octanol–water partition coefficient (Wildman–Crippen LogP) is 3.72. The molecule has 1 atom stereocenters. The second-order valence-corrected chi connectivity index (χ2v) is 5.11. The van der Waals surface area contributed by atoms with Crippen molar-refractivity contribution in [2.24, 2.45) is 5.73 Å². The molecule has 4 heteroatoms. The van der Waals surface area contributed by atoms with Gasteiger partial charge in [0.05, 0.1) is 4.47 Å². The molecule has 0 amide bonds. The van der Waals surface area contributed by atoms with Crippen molar-refractivity contribution in [2.45, 2.75) is 25.9 Å². The van der Waals surface area contributed by atoms with Gasteiger partial charge in [-0.2, -0.15) is 0 Å². The van der Waals surface area contributed by atoms with E-state index < -0.39 is 0 Å². The van der Waals surface area contributed by atoms with Crippen LogP contribution in [-0.2, 0) is 0 Å². The molecule has 0 fully saturated rings. The molecule has 15 heavy (non-hydrogen) atoms. The summed E-state index contributed by atoms with van der Waals surface area (Å²) in [4.78, 5) is 0. The van der Waals surface area contributed by atoms with Gasteiger partial charge in [0.25, 0.3) is 0 Å². The third-order valence-electron chi connectivity index (χ3n) is 2.06. The fraction of sp³-hybridized carbons (Fsp3) is 0.455. The van der Waals surface area contributed by atoms with Crippen molar-refractivity contribution < 1.29 is 4.74 Å². The highest BCUT2D eigenvalue weighted by atomic mass is 79.9. The average Bonchev–Trinajstić information content (AvgIpc) is 2.21. The number of hydrogen-bond donors (Lipinski definition) is 1. The van der Waals surface area contributed by atoms with Crippen LogP contribution in [0.2, 0.25) is 0 Å². The van der Waals surface area contributed by atoms with Gasteiger partial charge in [0.2, 0.25) is 0 Å². The molecular formula is C11H15Br2NO. The van der Waals surface area contributed by atoms with Gasteiger partial charge in [-0.15, -0.1) is 0 Å². The molecule has 0 saturated carbocycles. The van der Waals surface area contributed by atoms with Gasteiger partial charge in [-0.3, -0.25) is 0 Å². The van der Waals surface area contributed by atoms with Crippen LogP contribution in [0.25, 0.3) is 0 Å². The number of halogens is 2. The van der Waals surface area contributed by atoms with Gasteiger partial charge >= 0.3 is 0 Å². The summed E-state index contributed by atoms with van der Waals surface area (Å²) in [5.74, 6) is 0.849. The Bertz CT molecular complexity index is 317. The smallest absolute Gasteiger partial charge is 0.134 e. The van der Waals surface area contributed by atoms with Crippen LogP contribution in [0.5, 0.6) is 5.75 Å². The SMILES string of the molecule is CCCC(CN)Oc1ccc(Br)cc1Br. The highest BCUT2D eigenvalue weighted by molar-refractivity contribution is 9.11. The summed E-state index contributed by atoms with van der Waals surface area (Å²) in [6.07, 6.45) is 2.17. The van der Waals surface area contributed by atoms with Gasteiger partial charge < -0.3 is 10.5 Å². The Morgan fingerprint density at radius 3 is 2.67 bits per heavy atom. The molecule has 0 spiro atoms. The molecule has 0 aromatic heterocycles. The van der Waals surface area contributed by atoms with Crippen LogP contribution in [0.4, 0.5) is 0 Å². The second-order valence-electron chi connectivity index (χ2n) is 3.34. The van der Waals surface area contributed by atoms with Crippen LogP contribution in [0.1, 0.15) is 19.8 Å². The molecule has 0 aliphatic rings. The van der Waals surface area contributed by atoms with Crippen molar-refractivity contribution in [3.63, 3.8) is 0 Å². The molecule has 2 nitrogen and oxygen atoms in total. The van der Waals surface area contributed by atoms with Crippen LogP contribution in [-0.4, -0.2) is 12.6 Å². The van der Waals surface area contributed by atoms with Crippen molar-refractivity contribution in [1.29, 1.82) is 0 Å². The van der Waals surface area contributed by atoms with Gasteiger partial charge in [0.15, 0.2) is 0 Å². The van der Waals surface area contributed by atoms with Crippen molar-refractivity contribution in [3.8, 4) is 5.75 Å². The first-order valence-corrected chi connectivity index (χ1v) is 6.57. The maximum absolute atomic E-state index is 5.80. The summed E-state index contributed by atoms with van der Waals surface area (Å²) in [6, 6.07) is 5.86.